The van der Waals surface area contributed by atoms with Gasteiger partial charge in [0.05, 0.1) is 6.61 Å². The SMILES string of the molecule is CCOc1ccc(CCNC(=O)CN2C(=O)CCCc3ccccc32)cc1. The Morgan fingerprint density at radius 3 is 2.67 bits per heavy atom. The maximum absolute atomic E-state index is 12.4. The highest BCUT2D eigenvalue weighted by atomic mass is 16.5. The molecule has 1 heterocycles. The topological polar surface area (TPSA) is 58.6 Å². The van der Waals surface area contributed by atoms with Gasteiger partial charge in [-0.1, -0.05) is 30.3 Å². The molecule has 0 saturated heterocycles. The van der Waals surface area contributed by atoms with Crippen LogP contribution in [0.15, 0.2) is 48.5 Å². The Bertz CT molecular complexity index is 786. The monoisotopic (exact) mass is 366 g/mol. The van der Waals surface area contributed by atoms with Gasteiger partial charge in [-0.2, -0.15) is 0 Å². The summed E-state index contributed by atoms with van der Waals surface area (Å²) in [5.41, 5.74) is 3.13. The summed E-state index contributed by atoms with van der Waals surface area (Å²) in [6.07, 6.45) is 2.92. The highest BCUT2D eigenvalue weighted by Crippen LogP contribution is 2.26. The summed E-state index contributed by atoms with van der Waals surface area (Å²) in [6, 6.07) is 15.7. The van der Waals surface area contributed by atoms with Gasteiger partial charge < -0.3 is 15.0 Å². The molecule has 2 aromatic carbocycles. The van der Waals surface area contributed by atoms with Crippen LogP contribution in [0.25, 0.3) is 0 Å². The van der Waals surface area contributed by atoms with E-state index in [1.165, 1.54) is 0 Å². The van der Waals surface area contributed by atoms with E-state index in [2.05, 4.69) is 5.32 Å². The van der Waals surface area contributed by atoms with Gasteiger partial charge in [0.2, 0.25) is 11.8 Å². The number of carbonyl (C=O) groups is 2. The predicted octanol–water partition coefficient (Wildman–Crippen LogP) is 3.11. The van der Waals surface area contributed by atoms with Crippen molar-refractivity contribution in [3.8, 4) is 5.75 Å². The van der Waals surface area contributed by atoms with Gasteiger partial charge >= 0.3 is 0 Å². The molecule has 1 N–H and O–H groups in total. The Morgan fingerprint density at radius 1 is 1.11 bits per heavy atom. The van der Waals surface area contributed by atoms with Crippen molar-refractivity contribution in [2.45, 2.75) is 32.6 Å². The summed E-state index contributed by atoms with van der Waals surface area (Å²) in [4.78, 5) is 26.4. The Kier molecular flexibility index (Phi) is 6.47. The van der Waals surface area contributed by atoms with Crippen molar-refractivity contribution in [2.24, 2.45) is 0 Å². The van der Waals surface area contributed by atoms with Crippen LogP contribution in [-0.4, -0.2) is 31.5 Å². The van der Waals surface area contributed by atoms with Crippen LogP contribution in [0, 0.1) is 0 Å². The maximum Gasteiger partial charge on any atom is 0.240 e. The zero-order chi connectivity index (χ0) is 19.1. The van der Waals surface area contributed by atoms with E-state index >= 15 is 0 Å². The van der Waals surface area contributed by atoms with Crippen LogP contribution < -0.4 is 15.0 Å². The maximum atomic E-state index is 12.4. The van der Waals surface area contributed by atoms with E-state index < -0.39 is 0 Å². The highest BCUT2D eigenvalue weighted by Gasteiger charge is 2.23. The fraction of sp³-hybridized carbons (Fsp3) is 0.364. The number of amides is 2. The second-order valence-electron chi connectivity index (χ2n) is 6.64. The van der Waals surface area contributed by atoms with E-state index in [0.29, 0.717) is 19.6 Å². The van der Waals surface area contributed by atoms with Crippen molar-refractivity contribution in [1.29, 1.82) is 0 Å². The summed E-state index contributed by atoms with van der Waals surface area (Å²) in [5.74, 6) is 0.733. The minimum Gasteiger partial charge on any atom is -0.494 e. The van der Waals surface area contributed by atoms with E-state index in [9.17, 15) is 9.59 Å². The number of para-hydroxylation sites is 1. The number of rotatable bonds is 7. The van der Waals surface area contributed by atoms with Crippen LogP contribution in [0.4, 0.5) is 5.69 Å². The number of aryl methyl sites for hydroxylation is 1. The third kappa shape index (κ3) is 5.09. The Hall–Kier alpha value is -2.82. The molecule has 0 atom stereocenters. The second-order valence-corrected chi connectivity index (χ2v) is 6.64. The molecule has 0 spiro atoms. The molecule has 27 heavy (non-hydrogen) atoms. The Labute approximate surface area is 160 Å². The summed E-state index contributed by atoms with van der Waals surface area (Å²) >= 11 is 0. The minimum atomic E-state index is -0.133. The van der Waals surface area contributed by atoms with Crippen LogP contribution in [0.3, 0.4) is 0 Å². The van der Waals surface area contributed by atoms with Crippen LogP contribution in [0.5, 0.6) is 5.75 Å². The molecule has 1 aliphatic rings. The molecule has 5 heteroatoms. The largest absolute Gasteiger partial charge is 0.494 e. The standard InChI is InChI=1S/C22H26N2O3/c1-2-27-19-12-10-17(11-13-19)14-15-23-21(25)16-24-20-8-4-3-6-18(20)7-5-9-22(24)26/h3-4,6,8,10-13H,2,5,7,9,14-16H2,1H3,(H,23,25). The number of carbonyl (C=O) groups excluding carboxylic acids is 2. The number of ether oxygens (including phenoxy) is 1. The van der Waals surface area contributed by atoms with Crippen molar-refractivity contribution < 1.29 is 14.3 Å². The quantitative estimate of drug-likeness (QED) is 0.819. The van der Waals surface area contributed by atoms with Crippen LogP contribution in [0.2, 0.25) is 0 Å². The number of fused-ring (bicyclic) bond motifs is 1. The molecule has 0 aromatic heterocycles. The van der Waals surface area contributed by atoms with Gasteiger partial charge in [0, 0.05) is 18.7 Å². The molecule has 0 bridgehead atoms. The van der Waals surface area contributed by atoms with E-state index in [-0.39, 0.29) is 18.4 Å². The van der Waals surface area contributed by atoms with Gasteiger partial charge in [0.25, 0.3) is 0 Å². The fourth-order valence-electron chi connectivity index (χ4n) is 3.32. The Balaban J connectivity index is 1.53. The van der Waals surface area contributed by atoms with E-state index in [1.807, 2.05) is 55.5 Å². The molecule has 1 aliphatic heterocycles. The first kappa shape index (κ1) is 19.0. The van der Waals surface area contributed by atoms with Crippen molar-refractivity contribution in [2.75, 3.05) is 24.6 Å². The third-order valence-corrected chi connectivity index (χ3v) is 4.69. The van der Waals surface area contributed by atoms with Gasteiger partial charge in [-0.05, 0) is 55.5 Å². The van der Waals surface area contributed by atoms with Gasteiger partial charge in [-0.15, -0.1) is 0 Å². The molecule has 142 valence electrons. The van der Waals surface area contributed by atoms with Gasteiger partial charge in [-0.25, -0.2) is 0 Å². The van der Waals surface area contributed by atoms with E-state index in [1.54, 1.807) is 4.90 Å². The summed E-state index contributed by atoms with van der Waals surface area (Å²) in [7, 11) is 0. The predicted molar refractivity (Wildman–Crippen MR) is 106 cm³/mol. The van der Waals surface area contributed by atoms with Crippen LogP contribution in [0.1, 0.15) is 30.9 Å². The molecule has 0 aliphatic carbocycles. The molecule has 2 amide bonds. The third-order valence-electron chi connectivity index (χ3n) is 4.69. The van der Waals surface area contributed by atoms with E-state index in [0.717, 1.165) is 41.8 Å². The lowest BCUT2D eigenvalue weighted by Crippen LogP contribution is -2.41. The van der Waals surface area contributed by atoms with Gasteiger partial charge in [-0.3, -0.25) is 9.59 Å². The Morgan fingerprint density at radius 2 is 1.89 bits per heavy atom. The number of nitrogens with zero attached hydrogens (tertiary/aromatic N) is 1. The summed E-state index contributed by atoms with van der Waals surface area (Å²) < 4.78 is 5.43. The molecule has 0 unspecified atom stereocenters. The number of hydrogen-bond donors (Lipinski definition) is 1. The average molecular weight is 366 g/mol. The smallest absolute Gasteiger partial charge is 0.240 e. The first-order valence-corrected chi connectivity index (χ1v) is 9.54. The van der Waals surface area contributed by atoms with Crippen molar-refractivity contribution in [3.63, 3.8) is 0 Å². The molecular formula is C22H26N2O3. The molecule has 0 fully saturated rings. The summed E-state index contributed by atoms with van der Waals surface area (Å²) in [6.45, 7) is 3.21. The van der Waals surface area contributed by atoms with Crippen molar-refractivity contribution in [1.82, 2.24) is 5.32 Å². The van der Waals surface area contributed by atoms with Crippen molar-refractivity contribution >= 4 is 17.5 Å². The lowest BCUT2D eigenvalue weighted by Gasteiger charge is -2.22. The first-order chi connectivity index (χ1) is 13.2. The minimum absolute atomic E-state index is 0.0154. The number of nitrogens with one attached hydrogen (secondary N) is 1. The molecular weight excluding hydrogens is 340 g/mol. The van der Waals surface area contributed by atoms with Crippen LogP contribution >= 0.6 is 0 Å². The average Bonchev–Trinajstić information content (AvgIpc) is 2.83. The van der Waals surface area contributed by atoms with Gasteiger partial charge in [0.15, 0.2) is 0 Å². The zero-order valence-electron chi connectivity index (χ0n) is 15.7. The van der Waals surface area contributed by atoms with Gasteiger partial charge in [0.1, 0.15) is 12.3 Å². The number of anilines is 1. The number of hydrogen-bond acceptors (Lipinski definition) is 3. The molecule has 3 rings (SSSR count). The normalized spacial score (nSPS) is 13.7. The van der Waals surface area contributed by atoms with Crippen LogP contribution in [-0.2, 0) is 22.4 Å². The molecule has 2 aromatic rings. The fourth-order valence-corrected chi connectivity index (χ4v) is 3.32. The highest BCUT2D eigenvalue weighted by molar-refractivity contribution is 5.99. The second kappa shape index (κ2) is 9.21. The number of benzene rings is 2. The molecule has 0 saturated carbocycles. The van der Waals surface area contributed by atoms with E-state index in [4.69, 9.17) is 4.74 Å². The molecule has 5 nitrogen and oxygen atoms in total. The molecule has 0 radical (unpaired) electrons. The zero-order valence-corrected chi connectivity index (χ0v) is 15.7. The lowest BCUT2D eigenvalue weighted by molar-refractivity contribution is -0.123. The summed E-state index contributed by atoms with van der Waals surface area (Å²) in [5, 5.41) is 2.93. The lowest BCUT2D eigenvalue weighted by atomic mass is 10.1. The van der Waals surface area contributed by atoms with Crippen molar-refractivity contribution in [3.05, 3.63) is 59.7 Å². The first-order valence-electron chi connectivity index (χ1n) is 9.54.